The minimum atomic E-state index is -1.05. The average Bonchev–Trinajstić information content (AvgIpc) is 1.87. The van der Waals surface area contributed by atoms with Gasteiger partial charge in [-0.15, -0.1) is 0 Å². The number of nitrogens with two attached hydrogens (primary N) is 1. The number of carboxylic acid groups (broad SMARTS) is 1. The first kappa shape index (κ1) is 8.92. The van der Waals surface area contributed by atoms with Crippen molar-refractivity contribution in [2.24, 2.45) is 11.7 Å². The number of carboxylic acids is 1. The van der Waals surface area contributed by atoms with Gasteiger partial charge < -0.3 is 10.8 Å². The smallest absolute Gasteiger partial charge is 0.320 e. The molecule has 4 nitrogen and oxygen atoms in total. The first-order valence-corrected chi connectivity index (χ1v) is 2.96. The number of nitriles is 1. The maximum atomic E-state index is 10.1. The maximum absolute atomic E-state index is 10.1. The molecule has 0 radical (unpaired) electrons. The van der Waals surface area contributed by atoms with Crippen LogP contribution < -0.4 is 5.73 Å². The third-order valence-corrected chi connectivity index (χ3v) is 1.15. The van der Waals surface area contributed by atoms with E-state index in [4.69, 9.17) is 16.1 Å². The number of rotatable bonds is 3. The third kappa shape index (κ3) is 3.05. The summed E-state index contributed by atoms with van der Waals surface area (Å²) >= 11 is 0. The summed E-state index contributed by atoms with van der Waals surface area (Å²) in [6.07, 6.45) is 0.214. The quantitative estimate of drug-likeness (QED) is 0.578. The van der Waals surface area contributed by atoms with E-state index in [1.54, 1.807) is 6.92 Å². The second kappa shape index (κ2) is 3.85. The first-order valence-electron chi connectivity index (χ1n) is 2.96. The second-order valence-electron chi connectivity index (χ2n) is 2.21. The fourth-order valence-corrected chi connectivity index (χ4v) is 0.534. The van der Waals surface area contributed by atoms with Crippen LogP contribution in [0.3, 0.4) is 0 Å². The minimum absolute atomic E-state index is 0.214. The van der Waals surface area contributed by atoms with Gasteiger partial charge in [0.15, 0.2) is 0 Å². The summed E-state index contributed by atoms with van der Waals surface area (Å²) in [4.78, 5) is 10.1. The van der Waals surface area contributed by atoms with Crippen LogP contribution in [0.25, 0.3) is 0 Å². The van der Waals surface area contributed by atoms with Crippen molar-refractivity contribution < 1.29 is 9.90 Å². The summed E-state index contributed by atoms with van der Waals surface area (Å²) in [5.74, 6) is -1.34. The molecule has 0 saturated heterocycles. The molecule has 4 heteroatoms. The second-order valence-corrected chi connectivity index (χ2v) is 2.21. The molecule has 0 bridgehead atoms. The van der Waals surface area contributed by atoms with Gasteiger partial charge in [-0.05, 0) is 13.3 Å². The van der Waals surface area contributed by atoms with Crippen LogP contribution >= 0.6 is 0 Å². The fourth-order valence-electron chi connectivity index (χ4n) is 0.534. The van der Waals surface area contributed by atoms with Crippen LogP contribution in [0, 0.1) is 17.2 Å². The van der Waals surface area contributed by atoms with Crippen molar-refractivity contribution in [3.63, 3.8) is 0 Å². The Balaban J connectivity index is 3.70. The lowest BCUT2D eigenvalue weighted by molar-refractivity contribution is -0.138. The molecule has 0 amide bonds. The number of aliphatic carboxylic acids is 1. The first-order chi connectivity index (χ1) is 4.57. The molecule has 0 saturated carbocycles. The van der Waals surface area contributed by atoms with Gasteiger partial charge in [-0.1, -0.05) is 0 Å². The molecule has 0 aliphatic heterocycles. The SMILES string of the molecule is CC(C#N)C[C@H](N)C(=O)O. The van der Waals surface area contributed by atoms with Gasteiger partial charge in [0.2, 0.25) is 0 Å². The Morgan fingerprint density at radius 3 is 2.70 bits per heavy atom. The van der Waals surface area contributed by atoms with E-state index in [0.29, 0.717) is 0 Å². The Labute approximate surface area is 59.3 Å². The van der Waals surface area contributed by atoms with Gasteiger partial charge in [0.1, 0.15) is 6.04 Å². The molecule has 3 N–H and O–H groups in total. The Morgan fingerprint density at radius 1 is 1.90 bits per heavy atom. The van der Waals surface area contributed by atoms with Crippen LogP contribution in [0.1, 0.15) is 13.3 Å². The van der Waals surface area contributed by atoms with Crippen molar-refractivity contribution in [1.82, 2.24) is 0 Å². The highest BCUT2D eigenvalue weighted by Gasteiger charge is 2.14. The molecule has 0 aliphatic rings. The van der Waals surface area contributed by atoms with Gasteiger partial charge >= 0.3 is 5.97 Å². The van der Waals surface area contributed by atoms with E-state index in [9.17, 15) is 4.79 Å². The molecule has 0 fully saturated rings. The summed E-state index contributed by atoms with van der Waals surface area (Å²) in [6.45, 7) is 1.64. The lowest BCUT2D eigenvalue weighted by atomic mass is 10.0. The van der Waals surface area contributed by atoms with E-state index in [-0.39, 0.29) is 12.3 Å². The largest absolute Gasteiger partial charge is 0.480 e. The van der Waals surface area contributed by atoms with E-state index in [1.807, 2.05) is 6.07 Å². The van der Waals surface area contributed by atoms with Gasteiger partial charge in [0.25, 0.3) is 0 Å². The highest BCUT2D eigenvalue weighted by molar-refractivity contribution is 5.73. The molecule has 0 aromatic rings. The minimum Gasteiger partial charge on any atom is -0.480 e. The van der Waals surface area contributed by atoms with E-state index >= 15 is 0 Å². The van der Waals surface area contributed by atoms with E-state index in [1.165, 1.54) is 0 Å². The van der Waals surface area contributed by atoms with Crippen molar-refractivity contribution in [2.45, 2.75) is 19.4 Å². The molecule has 0 aliphatic carbocycles. The van der Waals surface area contributed by atoms with Crippen LogP contribution in [0.5, 0.6) is 0 Å². The van der Waals surface area contributed by atoms with E-state index < -0.39 is 12.0 Å². The number of hydrogen-bond donors (Lipinski definition) is 2. The van der Waals surface area contributed by atoms with Crippen molar-refractivity contribution in [1.29, 1.82) is 5.26 Å². The molecule has 0 spiro atoms. The zero-order valence-corrected chi connectivity index (χ0v) is 5.74. The number of nitrogens with zero attached hydrogens (tertiary/aromatic N) is 1. The maximum Gasteiger partial charge on any atom is 0.320 e. The Kier molecular flexibility index (Phi) is 3.44. The van der Waals surface area contributed by atoms with Crippen molar-refractivity contribution in [2.75, 3.05) is 0 Å². The van der Waals surface area contributed by atoms with Gasteiger partial charge in [0, 0.05) is 5.92 Å². The lowest BCUT2D eigenvalue weighted by Gasteiger charge is -2.05. The predicted molar refractivity (Wildman–Crippen MR) is 35.0 cm³/mol. The van der Waals surface area contributed by atoms with E-state index in [0.717, 1.165) is 0 Å². The molecule has 56 valence electrons. The molecular weight excluding hydrogens is 132 g/mol. The summed E-state index contributed by atoms with van der Waals surface area (Å²) in [6, 6.07) is 1.000. The van der Waals surface area contributed by atoms with Crippen molar-refractivity contribution in [3.05, 3.63) is 0 Å². The molecule has 2 atom stereocenters. The van der Waals surface area contributed by atoms with Crippen LogP contribution in [0.15, 0.2) is 0 Å². The summed E-state index contributed by atoms with van der Waals surface area (Å²) in [7, 11) is 0. The van der Waals surface area contributed by atoms with Gasteiger partial charge in [0.05, 0.1) is 6.07 Å². The molecule has 10 heavy (non-hydrogen) atoms. The van der Waals surface area contributed by atoms with Crippen molar-refractivity contribution in [3.8, 4) is 6.07 Å². The topological polar surface area (TPSA) is 87.1 Å². The molecule has 0 aromatic carbocycles. The monoisotopic (exact) mass is 142 g/mol. The normalized spacial score (nSPS) is 15.3. The molecule has 0 rings (SSSR count). The van der Waals surface area contributed by atoms with Gasteiger partial charge in [-0.25, -0.2) is 0 Å². The molecule has 1 unspecified atom stereocenters. The molecule has 0 aromatic heterocycles. The summed E-state index contributed by atoms with van der Waals surface area (Å²) in [5, 5.41) is 16.6. The van der Waals surface area contributed by atoms with Crippen molar-refractivity contribution >= 4 is 5.97 Å². The van der Waals surface area contributed by atoms with Crippen LogP contribution in [-0.2, 0) is 4.79 Å². The number of hydrogen-bond acceptors (Lipinski definition) is 3. The van der Waals surface area contributed by atoms with Gasteiger partial charge in [-0.2, -0.15) is 5.26 Å². The Hall–Kier alpha value is -1.08. The lowest BCUT2D eigenvalue weighted by Crippen LogP contribution is -2.31. The zero-order chi connectivity index (χ0) is 8.15. The van der Waals surface area contributed by atoms with Crippen LogP contribution in [0.2, 0.25) is 0 Å². The molecule has 0 heterocycles. The highest BCUT2D eigenvalue weighted by atomic mass is 16.4. The summed E-state index contributed by atoms with van der Waals surface area (Å²) in [5.41, 5.74) is 5.14. The van der Waals surface area contributed by atoms with Crippen LogP contribution in [-0.4, -0.2) is 17.1 Å². The predicted octanol–water partition coefficient (Wildman–Crippen LogP) is -0.0519. The fraction of sp³-hybridized carbons (Fsp3) is 0.667. The molecular formula is C6H10N2O2. The zero-order valence-electron chi connectivity index (χ0n) is 5.74. The van der Waals surface area contributed by atoms with E-state index in [2.05, 4.69) is 0 Å². The van der Waals surface area contributed by atoms with Gasteiger partial charge in [-0.3, -0.25) is 4.79 Å². The van der Waals surface area contributed by atoms with Crippen LogP contribution in [0.4, 0.5) is 0 Å². The Bertz CT molecular complexity index is 162. The average molecular weight is 142 g/mol. The number of carbonyl (C=O) groups is 1. The standard InChI is InChI=1S/C6H10N2O2/c1-4(3-7)2-5(8)6(9)10/h4-5H,2,8H2,1H3,(H,9,10)/t4?,5-/m0/s1. The highest BCUT2D eigenvalue weighted by Crippen LogP contribution is 2.01. The third-order valence-electron chi connectivity index (χ3n) is 1.15. The summed E-state index contributed by atoms with van der Waals surface area (Å²) < 4.78 is 0. The Morgan fingerprint density at radius 2 is 2.40 bits per heavy atom.